The van der Waals surface area contributed by atoms with E-state index < -0.39 is 97.5 Å². The Morgan fingerprint density at radius 1 is 0.330 bits per heavy atom. The Morgan fingerprint density at radius 2 is 0.590 bits per heavy atom. The van der Waals surface area contributed by atoms with Gasteiger partial charge in [-0.3, -0.25) is 37.3 Å². The maximum atomic E-state index is 13.1. The number of phosphoric acid groups is 2. The summed E-state index contributed by atoms with van der Waals surface area (Å²) in [7, 11) is -9.93. The second-order valence-corrected chi connectivity index (χ2v) is 32.3. The fraction of sp³-hybridized carbons (Fsp3) is 0.901. The zero-order valence-corrected chi connectivity index (χ0v) is 66.9. The van der Waals surface area contributed by atoms with Gasteiger partial charge in [-0.25, -0.2) is 9.13 Å². The highest BCUT2D eigenvalue weighted by Crippen LogP contribution is 2.45. The van der Waals surface area contributed by atoms with Crippen LogP contribution in [-0.4, -0.2) is 96.7 Å². The molecule has 0 radical (unpaired) electrons. The fourth-order valence-corrected chi connectivity index (χ4v) is 13.5. The number of aliphatic hydroxyl groups is 1. The van der Waals surface area contributed by atoms with Crippen LogP contribution in [0.4, 0.5) is 0 Å². The lowest BCUT2D eigenvalue weighted by molar-refractivity contribution is -0.161. The highest BCUT2D eigenvalue weighted by atomic mass is 31.2. The van der Waals surface area contributed by atoms with Crippen molar-refractivity contribution in [2.75, 3.05) is 39.6 Å². The summed E-state index contributed by atoms with van der Waals surface area (Å²) >= 11 is 0. The van der Waals surface area contributed by atoms with Crippen molar-refractivity contribution < 1.29 is 80.2 Å². The van der Waals surface area contributed by atoms with E-state index in [2.05, 4.69) is 72.8 Å². The molecule has 0 spiro atoms. The Morgan fingerprint density at radius 3 is 0.890 bits per heavy atom. The molecule has 0 aromatic carbocycles. The lowest BCUT2D eigenvalue weighted by Crippen LogP contribution is -2.30. The van der Waals surface area contributed by atoms with Gasteiger partial charge in [0.1, 0.15) is 19.3 Å². The average Bonchev–Trinajstić information content (AvgIpc) is 0.929. The predicted molar refractivity (Wildman–Crippen MR) is 409 cm³/mol. The number of unbranched alkanes of at least 4 members (excludes halogenated alkanes) is 40. The average molecular weight is 1460 g/mol. The van der Waals surface area contributed by atoms with Crippen molar-refractivity contribution >= 4 is 39.5 Å². The van der Waals surface area contributed by atoms with E-state index in [1.54, 1.807) is 0 Å². The van der Waals surface area contributed by atoms with Crippen LogP contribution >= 0.6 is 15.6 Å². The third-order valence-corrected chi connectivity index (χ3v) is 20.9. The standard InChI is InChI=1S/C81H154O17P2/c1-8-11-12-13-14-15-16-17-22-26-29-32-41-48-55-62-78(83)91-68-76(97-80(85)64-57-50-43-33-30-27-24-21-19-18-20-23-25-28-31-39-46-53-60-73(6)9-2)70-95-99(87,88)93-66-75(82)67-94-100(89,90)96-71-77(69-92-79(84)63-56-49-42-36-34-38-45-52-59-72(4)5)98-81(86)65-58-51-44-37-35-40-47-54-61-74(7)10-3/h15-17,22,72-77,82H,8-14,18-21,23-71H2,1-7H3,(H,87,88)(H,89,90)/b16-15-,22-17-/t73?,74?,75?,76-,77-/m1/s1. The molecule has 0 saturated carbocycles. The van der Waals surface area contributed by atoms with Gasteiger partial charge in [-0.05, 0) is 69.1 Å². The molecule has 5 unspecified atom stereocenters. The van der Waals surface area contributed by atoms with Gasteiger partial charge in [0.25, 0.3) is 0 Å². The second kappa shape index (κ2) is 70.8. The van der Waals surface area contributed by atoms with Gasteiger partial charge < -0.3 is 33.8 Å². The number of rotatable bonds is 77. The highest BCUT2D eigenvalue weighted by molar-refractivity contribution is 7.47. The molecule has 0 rings (SSSR count). The third-order valence-electron chi connectivity index (χ3n) is 19.0. The molecule has 19 heteroatoms. The molecule has 3 N–H and O–H groups in total. The first-order valence-corrected chi connectivity index (χ1v) is 44.2. The van der Waals surface area contributed by atoms with Crippen molar-refractivity contribution in [2.24, 2.45) is 17.8 Å². The first-order valence-electron chi connectivity index (χ1n) is 41.2. The van der Waals surface area contributed by atoms with E-state index in [1.165, 1.54) is 186 Å². The maximum Gasteiger partial charge on any atom is 0.472 e. The van der Waals surface area contributed by atoms with Gasteiger partial charge in [-0.1, -0.05) is 342 Å². The molecule has 0 amide bonds. The molecule has 17 nitrogen and oxygen atoms in total. The van der Waals surface area contributed by atoms with Crippen LogP contribution in [0.2, 0.25) is 0 Å². The van der Waals surface area contributed by atoms with E-state index in [0.717, 1.165) is 127 Å². The van der Waals surface area contributed by atoms with Gasteiger partial charge in [0.2, 0.25) is 0 Å². The lowest BCUT2D eigenvalue weighted by Gasteiger charge is -2.21. The normalized spacial score (nSPS) is 14.7. The Balaban J connectivity index is 5.25. The number of esters is 4. The van der Waals surface area contributed by atoms with Gasteiger partial charge in [-0.2, -0.15) is 0 Å². The minimum absolute atomic E-state index is 0.101. The number of carbonyl (C=O) groups excluding carboxylic acids is 4. The number of hydrogen-bond acceptors (Lipinski definition) is 15. The monoisotopic (exact) mass is 1460 g/mol. The number of phosphoric ester groups is 2. The van der Waals surface area contributed by atoms with E-state index in [9.17, 15) is 43.2 Å². The minimum Gasteiger partial charge on any atom is -0.462 e. The van der Waals surface area contributed by atoms with Gasteiger partial charge in [0, 0.05) is 25.7 Å². The van der Waals surface area contributed by atoms with Crippen molar-refractivity contribution in [3.8, 4) is 0 Å². The quantitative estimate of drug-likeness (QED) is 0.0169. The Bertz CT molecular complexity index is 2040. The minimum atomic E-state index is -4.97. The fourth-order valence-electron chi connectivity index (χ4n) is 11.9. The summed E-state index contributed by atoms with van der Waals surface area (Å²) in [6, 6.07) is 0. The van der Waals surface area contributed by atoms with Gasteiger partial charge in [0.15, 0.2) is 12.2 Å². The zero-order chi connectivity index (χ0) is 73.7. The lowest BCUT2D eigenvalue weighted by atomic mass is 9.99. The van der Waals surface area contributed by atoms with Gasteiger partial charge in [-0.15, -0.1) is 0 Å². The van der Waals surface area contributed by atoms with E-state index in [4.69, 9.17) is 37.0 Å². The van der Waals surface area contributed by atoms with Crippen molar-refractivity contribution in [3.63, 3.8) is 0 Å². The molecule has 0 aromatic heterocycles. The van der Waals surface area contributed by atoms with Crippen LogP contribution in [0.15, 0.2) is 24.3 Å². The first-order chi connectivity index (χ1) is 48.3. The smallest absolute Gasteiger partial charge is 0.462 e. The van der Waals surface area contributed by atoms with Gasteiger partial charge in [0.05, 0.1) is 26.4 Å². The first kappa shape index (κ1) is 97.5. The SMILES string of the molecule is CCCCCC/C=C\C=C/CCCCCCCC(=O)OC[C@H](COP(=O)(O)OCC(O)COP(=O)(O)OC[C@@H](COC(=O)CCCCCCCCCCC(C)C)OC(=O)CCCCCCCCCCC(C)CC)OC(=O)CCCCCCCCCCCCCCCCCCCCC(C)CC. The summed E-state index contributed by atoms with van der Waals surface area (Å²) in [5.41, 5.74) is 0. The zero-order valence-electron chi connectivity index (χ0n) is 65.2. The van der Waals surface area contributed by atoms with Crippen LogP contribution in [0.1, 0.15) is 395 Å². The number of carbonyl (C=O) groups is 4. The van der Waals surface area contributed by atoms with Crippen molar-refractivity contribution in [1.29, 1.82) is 0 Å². The number of ether oxygens (including phenoxy) is 4. The molecule has 590 valence electrons. The molecule has 0 aliphatic carbocycles. The second-order valence-electron chi connectivity index (χ2n) is 29.4. The largest absolute Gasteiger partial charge is 0.472 e. The Labute approximate surface area is 612 Å². The van der Waals surface area contributed by atoms with Crippen LogP contribution in [0.5, 0.6) is 0 Å². The van der Waals surface area contributed by atoms with Gasteiger partial charge >= 0.3 is 39.5 Å². The molecular weight excluding hydrogens is 1310 g/mol. The molecule has 0 bridgehead atoms. The molecule has 0 aromatic rings. The van der Waals surface area contributed by atoms with E-state index in [-0.39, 0.29) is 25.7 Å². The van der Waals surface area contributed by atoms with Crippen molar-refractivity contribution in [2.45, 2.75) is 414 Å². The van der Waals surface area contributed by atoms with E-state index in [1.807, 2.05) is 0 Å². The van der Waals surface area contributed by atoms with Crippen LogP contribution < -0.4 is 0 Å². The molecule has 0 aliphatic heterocycles. The van der Waals surface area contributed by atoms with Crippen LogP contribution in [0.25, 0.3) is 0 Å². The Hall–Kier alpha value is -2.46. The molecule has 0 aliphatic rings. The molecule has 0 heterocycles. The summed E-state index contributed by atoms with van der Waals surface area (Å²) in [5, 5.41) is 10.6. The maximum absolute atomic E-state index is 13.1. The molecule has 0 fully saturated rings. The topological polar surface area (TPSA) is 237 Å². The van der Waals surface area contributed by atoms with Crippen molar-refractivity contribution in [1.82, 2.24) is 0 Å². The summed E-state index contributed by atoms with van der Waals surface area (Å²) in [6.45, 7) is 11.9. The van der Waals surface area contributed by atoms with Crippen LogP contribution in [-0.2, 0) is 65.4 Å². The predicted octanol–water partition coefficient (Wildman–Crippen LogP) is 23.7. The summed E-state index contributed by atoms with van der Waals surface area (Å²) in [6.07, 6.45) is 61.9. The molecule has 7 atom stereocenters. The van der Waals surface area contributed by atoms with Crippen LogP contribution in [0.3, 0.4) is 0 Å². The number of aliphatic hydroxyl groups excluding tert-OH is 1. The summed E-state index contributed by atoms with van der Waals surface area (Å²) < 4.78 is 68.6. The summed E-state index contributed by atoms with van der Waals surface area (Å²) in [4.78, 5) is 73.0. The third kappa shape index (κ3) is 71.2. The number of allylic oxidation sites excluding steroid dienone is 4. The Kier molecular flexibility index (Phi) is 69.1. The summed E-state index contributed by atoms with van der Waals surface area (Å²) in [5.74, 6) is 0.217. The highest BCUT2D eigenvalue weighted by Gasteiger charge is 2.30. The number of hydrogen-bond donors (Lipinski definition) is 3. The van der Waals surface area contributed by atoms with Crippen LogP contribution in [0, 0.1) is 17.8 Å². The van der Waals surface area contributed by atoms with Crippen molar-refractivity contribution in [3.05, 3.63) is 24.3 Å². The molecule has 100 heavy (non-hydrogen) atoms. The molecular formula is C81H154O17P2. The molecule has 0 saturated heterocycles. The van der Waals surface area contributed by atoms with E-state index in [0.29, 0.717) is 25.7 Å². The van der Waals surface area contributed by atoms with E-state index >= 15 is 0 Å².